The summed E-state index contributed by atoms with van der Waals surface area (Å²) in [5.74, 6) is -0.0821. The molecule has 1 fully saturated rings. The summed E-state index contributed by atoms with van der Waals surface area (Å²) in [7, 11) is 0. The molecule has 25 heavy (non-hydrogen) atoms. The van der Waals surface area contributed by atoms with Gasteiger partial charge in [0.1, 0.15) is 0 Å². The smallest absolute Gasteiger partial charge is 0.274 e. The molecule has 3 N–H and O–H groups in total. The third-order valence-electron chi connectivity index (χ3n) is 4.92. The maximum atomic E-state index is 12.8. The molecule has 0 bridgehead atoms. The number of piperidine rings is 1. The largest absolute Gasteiger partial charge is 0.356 e. The fourth-order valence-electron chi connectivity index (χ4n) is 3.46. The van der Waals surface area contributed by atoms with Crippen LogP contribution >= 0.6 is 12.4 Å². The first-order valence-corrected chi connectivity index (χ1v) is 9.04. The highest BCUT2D eigenvalue weighted by Gasteiger charge is 2.31. The zero-order valence-corrected chi connectivity index (χ0v) is 15.6. The molecule has 2 aliphatic heterocycles. The molecule has 0 spiro atoms. The Hall–Kier alpha value is -1.60. The first kappa shape index (κ1) is 19.7. The minimum absolute atomic E-state index is 0. The maximum Gasteiger partial charge on any atom is 0.274 e. The number of halogens is 1. The number of amides is 2. The van der Waals surface area contributed by atoms with E-state index < -0.39 is 0 Å². The van der Waals surface area contributed by atoms with Gasteiger partial charge in [0.15, 0.2) is 5.69 Å². The van der Waals surface area contributed by atoms with Gasteiger partial charge >= 0.3 is 0 Å². The Morgan fingerprint density at radius 3 is 3.04 bits per heavy atom. The van der Waals surface area contributed by atoms with E-state index >= 15 is 0 Å². The first-order valence-electron chi connectivity index (χ1n) is 9.04. The van der Waals surface area contributed by atoms with Gasteiger partial charge in [-0.05, 0) is 19.3 Å². The number of rotatable bonds is 5. The summed E-state index contributed by atoms with van der Waals surface area (Å²) >= 11 is 0. The van der Waals surface area contributed by atoms with Crippen LogP contribution in [0.5, 0.6) is 0 Å². The van der Waals surface area contributed by atoms with Crippen molar-refractivity contribution in [2.45, 2.75) is 45.6 Å². The molecular formula is C17H28ClN5O2. The summed E-state index contributed by atoms with van der Waals surface area (Å²) in [5.41, 5.74) is 2.56. The number of hydrogen-bond acceptors (Lipinski definition) is 4. The molecule has 1 aromatic heterocycles. The van der Waals surface area contributed by atoms with Crippen molar-refractivity contribution in [1.29, 1.82) is 0 Å². The van der Waals surface area contributed by atoms with Gasteiger partial charge in [-0.2, -0.15) is 5.10 Å². The number of aromatic nitrogens is 2. The number of carbonyl (C=O) groups is 2. The van der Waals surface area contributed by atoms with Gasteiger partial charge < -0.3 is 15.5 Å². The van der Waals surface area contributed by atoms with Crippen molar-refractivity contribution in [3.05, 3.63) is 17.0 Å². The molecule has 1 aromatic rings. The van der Waals surface area contributed by atoms with E-state index in [2.05, 4.69) is 27.8 Å². The van der Waals surface area contributed by atoms with E-state index in [1.807, 2.05) is 0 Å². The number of unbranched alkanes of at least 4 members (excludes halogenated alkanes) is 1. The Labute approximate surface area is 154 Å². The summed E-state index contributed by atoms with van der Waals surface area (Å²) in [4.78, 5) is 26.9. The molecular weight excluding hydrogens is 342 g/mol. The number of aromatic amines is 1. The number of nitrogens with zero attached hydrogens (tertiary/aromatic N) is 2. The summed E-state index contributed by atoms with van der Waals surface area (Å²) in [5, 5.41) is 13.5. The Kier molecular flexibility index (Phi) is 7.25. The molecule has 2 amide bonds. The second-order valence-corrected chi connectivity index (χ2v) is 6.69. The molecule has 0 radical (unpaired) electrons. The van der Waals surface area contributed by atoms with Crippen LogP contribution in [0.4, 0.5) is 0 Å². The maximum absolute atomic E-state index is 12.8. The number of nitrogens with one attached hydrogen (secondary N) is 3. The highest BCUT2D eigenvalue weighted by molar-refractivity contribution is 5.94. The minimum Gasteiger partial charge on any atom is -0.356 e. The lowest BCUT2D eigenvalue weighted by molar-refractivity contribution is -0.126. The monoisotopic (exact) mass is 369 g/mol. The number of likely N-dealkylation sites (tertiary alicyclic amines) is 1. The standard InChI is InChI=1S/C17H27N5O2.ClH/c1-2-3-7-19-16(23)12-5-4-9-22(11-12)17(24)15-13-10-18-8-6-14(13)20-21-15;/h12,18H,2-11H2,1H3,(H,19,23)(H,20,21);1H. The van der Waals surface area contributed by atoms with Gasteiger partial charge in [0.05, 0.1) is 5.92 Å². The highest BCUT2D eigenvalue weighted by Crippen LogP contribution is 2.22. The molecule has 1 unspecified atom stereocenters. The van der Waals surface area contributed by atoms with E-state index in [1.165, 1.54) is 0 Å². The number of carbonyl (C=O) groups excluding carboxylic acids is 2. The quantitative estimate of drug-likeness (QED) is 0.681. The van der Waals surface area contributed by atoms with Crippen LogP contribution in [0.25, 0.3) is 0 Å². The van der Waals surface area contributed by atoms with Crippen molar-refractivity contribution in [3.8, 4) is 0 Å². The lowest BCUT2D eigenvalue weighted by atomic mass is 9.96. The Bertz CT molecular complexity index is 604. The summed E-state index contributed by atoms with van der Waals surface area (Å²) in [6.45, 7) is 5.61. The molecule has 0 aliphatic carbocycles. The Balaban J connectivity index is 0.00000225. The topological polar surface area (TPSA) is 90.1 Å². The van der Waals surface area contributed by atoms with Crippen LogP contribution in [0, 0.1) is 5.92 Å². The second-order valence-electron chi connectivity index (χ2n) is 6.69. The summed E-state index contributed by atoms with van der Waals surface area (Å²) < 4.78 is 0. The number of fused-ring (bicyclic) bond motifs is 1. The zero-order valence-electron chi connectivity index (χ0n) is 14.8. The Morgan fingerprint density at radius 2 is 2.24 bits per heavy atom. The molecule has 2 aliphatic rings. The average Bonchev–Trinajstić information content (AvgIpc) is 3.05. The van der Waals surface area contributed by atoms with Gasteiger partial charge in [0.25, 0.3) is 5.91 Å². The molecule has 1 atom stereocenters. The van der Waals surface area contributed by atoms with Crippen LogP contribution in [0.1, 0.15) is 54.4 Å². The molecule has 8 heteroatoms. The van der Waals surface area contributed by atoms with Crippen molar-refractivity contribution in [3.63, 3.8) is 0 Å². The normalized spacial score (nSPS) is 19.7. The second kappa shape index (κ2) is 9.20. The summed E-state index contributed by atoms with van der Waals surface area (Å²) in [6, 6.07) is 0. The number of hydrogen-bond donors (Lipinski definition) is 3. The molecule has 140 valence electrons. The van der Waals surface area contributed by atoms with Crippen LogP contribution in [-0.4, -0.2) is 53.1 Å². The molecule has 1 saturated heterocycles. The van der Waals surface area contributed by atoms with E-state index in [-0.39, 0.29) is 30.1 Å². The van der Waals surface area contributed by atoms with Gasteiger partial charge in [-0.25, -0.2) is 0 Å². The third-order valence-corrected chi connectivity index (χ3v) is 4.92. The third kappa shape index (κ3) is 4.52. The van der Waals surface area contributed by atoms with Crippen molar-refractivity contribution in [2.75, 3.05) is 26.2 Å². The number of H-pyrrole nitrogens is 1. The highest BCUT2D eigenvalue weighted by atomic mass is 35.5. The van der Waals surface area contributed by atoms with E-state index in [9.17, 15) is 9.59 Å². The van der Waals surface area contributed by atoms with Crippen LogP contribution < -0.4 is 10.6 Å². The van der Waals surface area contributed by atoms with Crippen LogP contribution in [-0.2, 0) is 17.8 Å². The molecule has 3 rings (SSSR count). The van der Waals surface area contributed by atoms with Gasteiger partial charge in [0, 0.05) is 50.4 Å². The van der Waals surface area contributed by atoms with E-state index in [0.29, 0.717) is 25.3 Å². The molecule has 7 nitrogen and oxygen atoms in total. The van der Waals surface area contributed by atoms with Crippen molar-refractivity contribution >= 4 is 24.2 Å². The van der Waals surface area contributed by atoms with E-state index in [0.717, 1.165) is 56.5 Å². The zero-order chi connectivity index (χ0) is 16.9. The molecule has 0 aromatic carbocycles. The SMILES string of the molecule is CCCCNC(=O)C1CCCN(C(=O)c2n[nH]c3c2CNCC3)C1.Cl. The van der Waals surface area contributed by atoms with E-state index in [4.69, 9.17) is 0 Å². The lowest BCUT2D eigenvalue weighted by Crippen LogP contribution is -2.46. The van der Waals surface area contributed by atoms with Crippen LogP contribution in [0.2, 0.25) is 0 Å². The van der Waals surface area contributed by atoms with Crippen LogP contribution in [0.3, 0.4) is 0 Å². The van der Waals surface area contributed by atoms with Crippen molar-refractivity contribution < 1.29 is 9.59 Å². The first-order chi connectivity index (χ1) is 11.7. The van der Waals surface area contributed by atoms with Gasteiger partial charge in [-0.1, -0.05) is 13.3 Å². The van der Waals surface area contributed by atoms with Crippen molar-refractivity contribution in [1.82, 2.24) is 25.7 Å². The predicted octanol–water partition coefficient (Wildman–Crippen LogP) is 1.25. The van der Waals surface area contributed by atoms with E-state index in [1.54, 1.807) is 4.90 Å². The van der Waals surface area contributed by atoms with Crippen molar-refractivity contribution in [2.24, 2.45) is 5.92 Å². The lowest BCUT2D eigenvalue weighted by Gasteiger charge is -2.32. The van der Waals surface area contributed by atoms with Gasteiger partial charge in [0.2, 0.25) is 5.91 Å². The summed E-state index contributed by atoms with van der Waals surface area (Å²) in [6.07, 6.45) is 4.64. The van der Waals surface area contributed by atoms with Crippen LogP contribution in [0.15, 0.2) is 0 Å². The fourth-order valence-corrected chi connectivity index (χ4v) is 3.46. The molecule has 0 saturated carbocycles. The predicted molar refractivity (Wildman–Crippen MR) is 97.8 cm³/mol. The molecule has 3 heterocycles. The van der Waals surface area contributed by atoms with Gasteiger partial charge in [-0.15, -0.1) is 12.4 Å². The fraction of sp³-hybridized carbons (Fsp3) is 0.706. The van der Waals surface area contributed by atoms with Gasteiger partial charge in [-0.3, -0.25) is 14.7 Å². The average molecular weight is 370 g/mol. The minimum atomic E-state index is -0.104. The Morgan fingerprint density at radius 1 is 1.40 bits per heavy atom.